The van der Waals surface area contributed by atoms with Crippen molar-refractivity contribution in [2.45, 2.75) is 64.8 Å². The zero-order chi connectivity index (χ0) is 14.8. The van der Waals surface area contributed by atoms with Gasteiger partial charge in [0.25, 0.3) is 0 Å². The maximum atomic E-state index is 6.15. The third kappa shape index (κ3) is 6.60. The molecule has 0 fully saturated rings. The first-order valence-electron chi connectivity index (χ1n) is 7.87. The Labute approximate surface area is 137 Å². The van der Waals surface area contributed by atoms with Crippen LogP contribution in [0.4, 0.5) is 0 Å². The third-order valence-corrected chi connectivity index (χ3v) is 4.53. The van der Waals surface area contributed by atoms with Crippen molar-refractivity contribution in [3.8, 4) is 0 Å². The lowest BCUT2D eigenvalue weighted by Gasteiger charge is -2.20. The van der Waals surface area contributed by atoms with E-state index in [-0.39, 0.29) is 0 Å². The maximum absolute atomic E-state index is 6.15. The van der Waals surface area contributed by atoms with Crippen LogP contribution in [0, 0.1) is 0 Å². The van der Waals surface area contributed by atoms with Crippen molar-refractivity contribution in [2.24, 2.45) is 0 Å². The first-order valence-corrected chi connectivity index (χ1v) is 9.04. The number of hydrogen-bond donors (Lipinski definition) is 1. The topological polar surface area (TPSA) is 12.0 Å². The molecule has 1 aromatic carbocycles. The quantitative estimate of drug-likeness (QED) is 0.469. The molecule has 0 spiro atoms. The van der Waals surface area contributed by atoms with Crippen LogP contribution in [0.1, 0.15) is 70.4 Å². The molecule has 1 atom stereocenters. The molecule has 3 heteroatoms. The smallest absolute Gasteiger partial charge is 0.0410 e. The Morgan fingerprint density at radius 3 is 2.55 bits per heavy atom. The van der Waals surface area contributed by atoms with E-state index in [1.807, 2.05) is 6.07 Å². The minimum absolute atomic E-state index is 0.407. The second kappa shape index (κ2) is 10.6. The van der Waals surface area contributed by atoms with Gasteiger partial charge in [0.2, 0.25) is 0 Å². The van der Waals surface area contributed by atoms with E-state index in [2.05, 4.69) is 47.2 Å². The fraction of sp³-hybridized carbons (Fsp3) is 0.647. The number of hydrogen-bond acceptors (Lipinski definition) is 1. The highest BCUT2D eigenvalue weighted by atomic mass is 79.9. The van der Waals surface area contributed by atoms with Gasteiger partial charge in [0.1, 0.15) is 0 Å². The van der Waals surface area contributed by atoms with Gasteiger partial charge in [-0.05, 0) is 43.1 Å². The van der Waals surface area contributed by atoms with E-state index in [1.165, 1.54) is 44.1 Å². The molecule has 0 heterocycles. The largest absolute Gasteiger partial charge is 0.310 e. The van der Waals surface area contributed by atoms with Crippen LogP contribution < -0.4 is 5.32 Å². The van der Waals surface area contributed by atoms with Crippen molar-refractivity contribution in [3.05, 3.63) is 33.3 Å². The normalized spacial score (nSPS) is 12.6. The number of rotatable bonds is 10. The molecule has 1 rings (SSSR count). The van der Waals surface area contributed by atoms with Crippen LogP contribution >= 0.6 is 27.5 Å². The predicted octanol–water partition coefficient (Wildman–Crippen LogP) is 6.50. The van der Waals surface area contributed by atoms with Gasteiger partial charge in [-0.15, -0.1) is 0 Å². The molecule has 0 aliphatic heterocycles. The van der Waals surface area contributed by atoms with Crippen LogP contribution in [0.3, 0.4) is 0 Å². The summed E-state index contributed by atoms with van der Waals surface area (Å²) in [5.74, 6) is 0. The van der Waals surface area contributed by atoms with E-state index < -0.39 is 0 Å². The summed E-state index contributed by atoms with van der Waals surface area (Å²) in [5, 5.41) is 4.47. The Morgan fingerprint density at radius 2 is 1.85 bits per heavy atom. The van der Waals surface area contributed by atoms with Gasteiger partial charge < -0.3 is 5.32 Å². The highest BCUT2D eigenvalue weighted by Gasteiger charge is 2.14. The summed E-state index contributed by atoms with van der Waals surface area (Å²) >= 11 is 9.81. The number of nitrogens with one attached hydrogen (secondary N) is 1. The van der Waals surface area contributed by atoms with Crippen LogP contribution in [-0.2, 0) is 0 Å². The summed E-state index contributed by atoms with van der Waals surface area (Å²) in [4.78, 5) is 0. The second-order valence-electron chi connectivity index (χ2n) is 5.38. The number of benzene rings is 1. The summed E-state index contributed by atoms with van der Waals surface area (Å²) in [6.45, 7) is 5.52. The van der Waals surface area contributed by atoms with E-state index in [0.717, 1.165) is 22.5 Å². The molecule has 1 aromatic rings. The molecule has 0 bridgehead atoms. The van der Waals surface area contributed by atoms with Crippen LogP contribution in [0.25, 0.3) is 0 Å². The molecule has 0 amide bonds. The monoisotopic (exact) mass is 359 g/mol. The molecular formula is C17H27BrClN. The van der Waals surface area contributed by atoms with Crippen molar-refractivity contribution < 1.29 is 0 Å². The molecule has 0 aliphatic rings. The third-order valence-electron chi connectivity index (χ3n) is 3.57. The zero-order valence-electron chi connectivity index (χ0n) is 12.7. The van der Waals surface area contributed by atoms with Crippen molar-refractivity contribution in [2.75, 3.05) is 6.54 Å². The molecule has 1 N–H and O–H groups in total. The van der Waals surface area contributed by atoms with Crippen LogP contribution in [0.15, 0.2) is 22.7 Å². The fourth-order valence-corrected chi connectivity index (χ4v) is 3.12. The Morgan fingerprint density at radius 1 is 1.10 bits per heavy atom. The molecule has 20 heavy (non-hydrogen) atoms. The average Bonchev–Trinajstić information content (AvgIpc) is 2.45. The first kappa shape index (κ1) is 18.0. The van der Waals surface area contributed by atoms with E-state index in [1.54, 1.807) is 0 Å². The van der Waals surface area contributed by atoms with Crippen molar-refractivity contribution in [3.63, 3.8) is 0 Å². The van der Waals surface area contributed by atoms with Gasteiger partial charge in [0, 0.05) is 15.5 Å². The van der Waals surface area contributed by atoms with Crippen molar-refractivity contribution >= 4 is 27.5 Å². The Balaban J connectivity index is 2.60. The van der Waals surface area contributed by atoms with E-state index in [4.69, 9.17) is 11.6 Å². The van der Waals surface area contributed by atoms with Gasteiger partial charge in [-0.2, -0.15) is 0 Å². The molecule has 0 saturated carbocycles. The standard InChI is InChI=1S/C17H27BrClN/c1-3-5-6-7-8-9-17(20-12-4-2)15-13-14(19)10-11-16(15)18/h10-11,13,17,20H,3-9,12H2,1-2H3. The minimum Gasteiger partial charge on any atom is -0.310 e. The zero-order valence-corrected chi connectivity index (χ0v) is 15.1. The lowest BCUT2D eigenvalue weighted by molar-refractivity contribution is 0.467. The summed E-state index contributed by atoms with van der Waals surface area (Å²) < 4.78 is 1.16. The molecular weight excluding hydrogens is 334 g/mol. The Kier molecular flexibility index (Phi) is 9.58. The highest BCUT2D eigenvalue weighted by Crippen LogP contribution is 2.30. The lowest BCUT2D eigenvalue weighted by Crippen LogP contribution is -2.22. The van der Waals surface area contributed by atoms with Gasteiger partial charge in [0.05, 0.1) is 0 Å². The van der Waals surface area contributed by atoms with Gasteiger partial charge in [-0.25, -0.2) is 0 Å². The van der Waals surface area contributed by atoms with E-state index >= 15 is 0 Å². The van der Waals surface area contributed by atoms with Crippen LogP contribution in [-0.4, -0.2) is 6.54 Å². The number of halogens is 2. The van der Waals surface area contributed by atoms with Gasteiger partial charge in [-0.3, -0.25) is 0 Å². The first-order chi connectivity index (χ1) is 9.69. The van der Waals surface area contributed by atoms with E-state index in [0.29, 0.717) is 6.04 Å². The van der Waals surface area contributed by atoms with Gasteiger partial charge >= 0.3 is 0 Å². The Bertz CT molecular complexity index is 381. The van der Waals surface area contributed by atoms with Gasteiger partial charge in [-0.1, -0.05) is 73.5 Å². The summed E-state index contributed by atoms with van der Waals surface area (Å²) in [7, 11) is 0. The highest BCUT2D eigenvalue weighted by molar-refractivity contribution is 9.10. The molecule has 0 radical (unpaired) electrons. The van der Waals surface area contributed by atoms with E-state index in [9.17, 15) is 0 Å². The van der Waals surface area contributed by atoms with Crippen LogP contribution in [0.2, 0.25) is 5.02 Å². The maximum Gasteiger partial charge on any atom is 0.0410 e. The SMILES string of the molecule is CCCCCCCC(NCCC)c1cc(Cl)ccc1Br. The summed E-state index contributed by atoms with van der Waals surface area (Å²) in [6.07, 6.45) is 8.96. The molecule has 0 aliphatic carbocycles. The minimum atomic E-state index is 0.407. The molecule has 1 nitrogen and oxygen atoms in total. The van der Waals surface area contributed by atoms with Gasteiger partial charge in [0.15, 0.2) is 0 Å². The van der Waals surface area contributed by atoms with Crippen molar-refractivity contribution in [1.29, 1.82) is 0 Å². The molecule has 114 valence electrons. The average molecular weight is 361 g/mol. The lowest BCUT2D eigenvalue weighted by atomic mass is 9.99. The second-order valence-corrected chi connectivity index (χ2v) is 6.67. The predicted molar refractivity (Wildman–Crippen MR) is 93.6 cm³/mol. The van der Waals surface area contributed by atoms with Crippen molar-refractivity contribution in [1.82, 2.24) is 5.32 Å². The Hall–Kier alpha value is -0.0500. The summed E-state index contributed by atoms with van der Waals surface area (Å²) in [5.41, 5.74) is 1.29. The van der Waals surface area contributed by atoms with Crippen LogP contribution in [0.5, 0.6) is 0 Å². The number of unbranched alkanes of at least 4 members (excludes halogenated alkanes) is 4. The fourth-order valence-electron chi connectivity index (χ4n) is 2.42. The molecule has 0 aromatic heterocycles. The summed E-state index contributed by atoms with van der Waals surface area (Å²) in [6, 6.07) is 6.48. The molecule has 1 unspecified atom stereocenters. The molecule has 0 saturated heterocycles.